The topological polar surface area (TPSA) is 120 Å². The number of carbonyl (C=O) groups is 2. The molecule has 9 nitrogen and oxygen atoms in total. The number of anilines is 2. The van der Waals surface area contributed by atoms with Gasteiger partial charge in [0.05, 0.1) is 11.2 Å². The number of para-hydroxylation sites is 1. The fourth-order valence-electron chi connectivity index (χ4n) is 2.53. The normalized spacial score (nSPS) is 11.9. The van der Waals surface area contributed by atoms with Crippen molar-refractivity contribution in [2.24, 2.45) is 0 Å². The average Bonchev–Trinajstić information content (AvgIpc) is 2.91. The molecule has 1 aromatic heterocycles. The monoisotopic (exact) mass is 405 g/mol. The number of nitrogens with two attached hydrogens (primary N) is 1. The molecule has 0 saturated carbocycles. The van der Waals surface area contributed by atoms with Gasteiger partial charge in [-0.15, -0.1) is 0 Å². The molecular weight excluding hydrogens is 374 g/mol. The molecule has 160 valence electrons. The largest absolute Gasteiger partial charge is 0.444 e. The summed E-state index contributed by atoms with van der Waals surface area (Å²) in [5.74, 6) is 0.337. The summed E-state index contributed by atoms with van der Waals surface area (Å²) in [6, 6.07) is 5.25. The summed E-state index contributed by atoms with van der Waals surface area (Å²) in [6.45, 7) is 11.7. The molecule has 29 heavy (non-hydrogen) atoms. The molecule has 0 aliphatic rings. The summed E-state index contributed by atoms with van der Waals surface area (Å²) < 4.78 is 12.1. The lowest BCUT2D eigenvalue weighted by molar-refractivity contribution is 0.0523. The minimum Gasteiger partial charge on any atom is -0.444 e. The standard InChI is InChI=1S/C20H31N5O4/c1-19(2,3)28-17(26)23-12-8-11-22-16-24-15-13(21)9-7-10-14(15)25(16)18(27)29-20(4,5)6/h7,9-10H,8,11-12,21H2,1-6H3,(H,22,24)(H,23,26). The summed E-state index contributed by atoms with van der Waals surface area (Å²) in [4.78, 5) is 28.9. The van der Waals surface area contributed by atoms with Gasteiger partial charge >= 0.3 is 12.2 Å². The lowest BCUT2D eigenvalue weighted by Gasteiger charge is -2.20. The van der Waals surface area contributed by atoms with E-state index in [1.54, 1.807) is 59.7 Å². The SMILES string of the molecule is CC(C)(C)OC(=O)NCCCNc1nc2c(N)cccc2n1C(=O)OC(C)(C)C. The van der Waals surface area contributed by atoms with Crippen LogP contribution in [0.15, 0.2) is 18.2 Å². The lowest BCUT2D eigenvalue weighted by Crippen LogP contribution is -2.33. The van der Waals surface area contributed by atoms with Gasteiger partial charge in [-0.25, -0.2) is 19.1 Å². The Morgan fingerprint density at radius 2 is 1.72 bits per heavy atom. The summed E-state index contributed by atoms with van der Waals surface area (Å²) >= 11 is 0. The zero-order valence-electron chi connectivity index (χ0n) is 18.0. The Labute approximate surface area is 170 Å². The van der Waals surface area contributed by atoms with Crippen molar-refractivity contribution in [3.05, 3.63) is 18.2 Å². The maximum atomic E-state index is 12.7. The van der Waals surface area contributed by atoms with E-state index in [2.05, 4.69) is 15.6 Å². The molecule has 0 aliphatic carbocycles. The molecule has 9 heteroatoms. The van der Waals surface area contributed by atoms with E-state index < -0.39 is 23.4 Å². The second kappa shape index (κ2) is 8.59. The van der Waals surface area contributed by atoms with Crippen LogP contribution < -0.4 is 16.4 Å². The maximum Gasteiger partial charge on any atom is 0.421 e. The summed E-state index contributed by atoms with van der Waals surface area (Å²) in [5.41, 5.74) is 6.37. The van der Waals surface area contributed by atoms with Crippen LogP contribution in [0.4, 0.5) is 21.2 Å². The molecular formula is C20H31N5O4. The minimum absolute atomic E-state index is 0.337. The van der Waals surface area contributed by atoms with Crippen LogP contribution in [-0.2, 0) is 9.47 Å². The van der Waals surface area contributed by atoms with Crippen LogP contribution in [-0.4, -0.2) is 46.0 Å². The molecule has 1 aromatic carbocycles. The molecule has 4 N–H and O–H groups in total. The zero-order chi connectivity index (χ0) is 21.8. The third-order valence-electron chi connectivity index (χ3n) is 3.60. The van der Waals surface area contributed by atoms with Gasteiger partial charge in [-0.3, -0.25) is 0 Å². The predicted molar refractivity (Wildman–Crippen MR) is 113 cm³/mol. The van der Waals surface area contributed by atoms with Crippen LogP contribution in [0.25, 0.3) is 11.0 Å². The van der Waals surface area contributed by atoms with Gasteiger partial charge in [0, 0.05) is 13.1 Å². The number of ether oxygens (including phenoxy) is 2. The first-order valence-corrected chi connectivity index (χ1v) is 9.58. The average molecular weight is 405 g/mol. The highest BCUT2D eigenvalue weighted by molar-refractivity contribution is 5.96. The molecule has 0 bridgehead atoms. The third kappa shape index (κ3) is 6.55. The van der Waals surface area contributed by atoms with Crippen molar-refractivity contribution in [2.75, 3.05) is 24.1 Å². The van der Waals surface area contributed by atoms with Gasteiger partial charge in [0.2, 0.25) is 5.95 Å². The van der Waals surface area contributed by atoms with Crippen molar-refractivity contribution < 1.29 is 19.1 Å². The predicted octanol–water partition coefficient (Wildman–Crippen LogP) is 3.73. The Kier molecular flexibility index (Phi) is 6.61. The molecule has 1 heterocycles. The molecule has 2 aromatic rings. The fourth-order valence-corrected chi connectivity index (χ4v) is 2.53. The molecule has 1 amide bonds. The van der Waals surface area contributed by atoms with Gasteiger partial charge in [-0.05, 0) is 60.1 Å². The Morgan fingerprint density at radius 1 is 1.07 bits per heavy atom. The van der Waals surface area contributed by atoms with Crippen LogP contribution in [0.3, 0.4) is 0 Å². The van der Waals surface area contributed by atoms with E-state index in [0.29, 0.717) is 42.2 Å². The number of aromatic nitrogens is 2. The van der Waals surface area contributed by atoms with Crippen molar-refractivity contribution in [3.8, 4) is 0 Å². The highest BCUT2D eigenvalue weighted by Crippen LogP contribution is 2.25. The molecule has 2 rings (SSSR count). The van der Waals surface area contributed by atoms with E-state index in [1.807, 2.05) is 0 Å². The molecule has 0 radical (unpaired) electrons. The van der Waals surface area contributed by atoms with Crippen LogP contribution in [0.5, 0.6) is 0 Å². The van der Waals surface area contributed by atoms with E-state index in [1.165, 1.54) is 4.57 Å². The number of nitrogen functional groups attached to an aromatic ring is 1. The van der Waals surface area contributed by atoms with Gasteiger partial charge in [0.25, 0.3) is 0 Å². The van der Waals surface area contributed by atoms with E-state index in [0.717, 1.165) is 0 Å². The second-order valence-corrected chi connectivity index (χ2v) is 8.68. The highest BCUT2D eigenvalue weighted by atomic mass is 16.6. The second-order valence-electron chi connectivity index (χ2n) is 8.68. The van der Waals surface area contributed by atoms with Crippen molar-refractivity contribution in [1.29, 1.82) is 0 Å². The highest BCUT2D eigenvalue weighted by Gasteiger charge is 2.23. The number of imidazole rings is 1. The van der Waals surface area contributed by atoms with Crippen molar-refractivity contribution in [1.82, 2.24) is 14.9 Å². The molecule has 0 unspecified atom stereocenters. The van der Waals surface area contributed by atoms with E-state index in [4.69, 9.17) is 15.2 Å². The molecule has 0 atom stereocenters. The lowest BCUT2D eigenvalue weighted by atomic mass is 10.2. The zero-order valence-corrected chi connectivity index (χ0v) is 18.0. The number of nitrogens with one attached hydrogen (secondary N) is 2. The smallest absolute Gasteiger partial charge is 0.421 e. The van der Waals surface area contributed by atoms with Gasteiger partial charge < -0.3 is 25.8 Å². The Bertz CT molecular complexity index is 877. The van der Waals surface area contributed by atoms with E-state index >= 15 is 0 Å². The number of hydrogen-bond acceptors (Lipinski definition) is 7. The number of rotatable bonds is 5. The Morgan fingerprint density at radius 3 is 2.34 bits per heavy atom. The maximum absolute atomic E-state index is 12.7. The summed E-state index contributed by atoms with van der Waals surface area (Å²) in [7, 11) is 0. The van der Waals surface area contributed by atoms with Gasteiger partial charge in [0.15, 0.2) is 0 Å². The number of amides is 1. The first kappa shape index (κ1) is 22.3. The van der Waals surface area contributed by atoms with Crippen LogP contribution >= 0.6 is 0 Å². The van der Waals surface area contributed by atoms with Gasteiger partial charge in [0.1, 0.15) is 16.7 Å². The number of benzene rings is 1. The Hall–Kier alpha value is -2.97. The van der Waals surface area contributed by atoms with E-state index in [-0.39, 0.29) is 0 Å². The van der Waals surface area contributed by atoms with Crippen molar-refractivity contribution in [3.63, 3.8) is 0 Å². The molecule has 0 saturated heterocycles. The van der Waals surface area contributed by atoms with Crippen LogP contribution in [0.1, 0.15) is 48.0 Å². The molecule has 0 fully saturated rings. The van der Waals surface area contributed by atoms with Crippen LogP contribution in [0, 0.1) is 0 Å². The van der Waals surface area contributed by atoms with E-state index in [9.17, 15) is 9.59 Å². The number of nitrogens with zero attached hydrogens (tertiary/aromatic N) is 2. The van der Waals surface area contributed by atoms with Crippen molar-refractivity contribution in [2.45, 2.75) is 59.2 Å². The number of carbonyl (C=O) groups excluding carboxylic acids is 2. The number of alkyl carbamates (subject to hydrolysis) is 1. The van der Waals surface area contributed by atoms with Gasteiger partial charge in [-0.1, -0.05) is 6.07 Å². The molecule has 0 aliphatic heterocycles. The first-order chi connectivity index (χ1) is 13.4. The van der Waals surface area contributed by atoms with Crippen LogP contribution in [0.2, 0.25) is 0 Å². The minimum atomic E-state index is -0.650. The summed E-state index contributed by atoms with van der Waals surface area (Å²) in [6.07, 6.45) is -0.405. The molecule has 0 spiro atoms. The quantitative estimate of drug-likeness (QED) is 0.512. The first-order valence-electron chi connectivity index (χ1n) is 9.58. The fraction of sp³-hybridized carbons (Fsp3) is 0.550. The number of fused-ring (bicyclic) bond motifs is 1. The summed E-state index contributed by atoms with van der Waals surface area (Å²) in [5, 5.41) is 5.81. The Balaban J connectivity index is 2.06. The number of hydrogen-bond donors (Lipinski definition) is 3. The third-order valence-corrected chi connectivity index (χ3v) is 3.60. The van der Waals surface area contributed by atoms with Crippen molar-refractivity contribution >= 4 is 34.9 Å². The van der Waals surface area contributed by atoms with Gasteiger partial charge in [-0.2, -0.15) is 0 Å².